The second-order valence-corrected chi connectivity index (χ2v) is 44.3. The molecule has 14 heterocycles. The summed E-state index contributed by atoms with van der Waals surface area (Å²) in [5.41, 5.74) is 13.6. The van der Waals surface area contributed by atoms with Crippen molar-refractivity contribution in [3.8, 4) is 0 Å². The highest BCUT2D eigenvalue weighted by Crippen LogP contribution is 2.32. The zero-order valence-corrected chi connectivity index (χ0v) is 94.9. The molecule has 0 radical (unpaired) electrons. The summed E-state index contributed by atoms with van der Waals surface area (Å²) in [5.74, 6) is 0.0726. The van der Waals surface area contributed by atoms with Crippen LogP contribution in [0, 0.1) is 40.2 Å². The first-order valence-electron chi connectivity index (χ1n) is 50.2. The van der Waals surface area contributed by atoms with Gasteiger partial charge in [-0.3, -0.25) is 24.0 Å². The lowest BCUT2D eigenvalue weighted by atomic mass is 10.0. The van der Waals surface area contributed by atoms with Crippen LogP contribution in [-0.2, 0) is 37.6 Å². The minimum absolute atomic E-state index is 0.0762. The summed E-state index contributed by atoms with van der Waals surface area (Å²) in [4.78, 5) is 157. The highest BCUT2D eigenvalue weighted by molar-refractivity contribution is 7.08. The van der Waals surface area contributed by atoms with E-state index in [1.165, 1.54) is 0 Å². The Labute approximate surface area is 928 Å². The van der Waals surface area contributed by atoms with Gasteiger partial charge in [0, 0.05) is 179 Å². The Bertz CT molecular complexity index is 5740. The number of carbonyl (C=O) groups excluding carboxylic acids is 9. The Morgan fingerprint density at radius 1 is 0.436 bits per heavy atom. The third kappa shape index (κ3) is 37.2. The lowest BCUT2D eigenvalue weighted by Gasteiger charge is -2.40. The molecule has 0 aliphatic carbocycles. The van der Waals surface area contributed by atoms with E-state index in [9.17, 15) is 43.2 Å². The molecule has 5 saturated heterocycles. The average Bonchev–Trinajstić information content (AvgIpc) is 1.83. The molecule has 5 aliphatic rings. The molecule has 14 amide bonds. The van der Waals surface area contributed by atoms with Crippen LogP contribution in [0.15, 0.2) is 114 Å². The van der Waals surface area contributed by atoms with Crippen molar-refractivity contribution in [3.63, 3.8) is 0 Å². The van der Waals surface area contributed by atoms with E-state index in [1.54, 1.807) is 113 Å². The minimum atomic E-state index is -0.346. The zero-order chi connectivity index (χ0) is 107. The van der Waals surface area contributed by atoms with Gasteiger partial charge < -0.3 is 85.7 Å². The summed E-state index contributed by atoms with van der Waals surface area (Å²) < 4.78 is 5.36. The first-order valence-corrected chi connectivity index (χ1v) is 57.0. The van der Waals surface area contributed by atoms with Gasteiger partial charge in [0.05, 0.1) is 41.7 Å². The van der Waals surface area contributed by atoms with Crippen molar-refractivity contribution < 1.29 is 52.4 Å². The topological polar surface area (TPSA) is 369 Å². The summed E-state index contributed by atoms with van der Waals surface area (Å²) >= 11 is 54.7. The molecular formula is C103H135Cl8N23O11S4. The number of hydrogen-bond acceptors (Lipinski definition) is 23. The summed E-state index contributed by atoms with van der Waals surface area (Å²) in [7, 11) is 0. The van der Waals surface area contributed by atoms with E-state index in [4.69, 9.17) is 109 Å². The Balaban J connectivity index is 0.000000189. The van der Waals surface area contributed by atoms with Crippen LogP contribution in [0.1, 0.15) is 210 Å². The molecule has 5 aliphatic heterocycles. The second-order valence-electron chi connectivity index (χ2n) is 38.2. The van der Waals surface area contributed by atoms with Gasteiger partial charge in [-0.25, -0.2) is 49.4 Å². The number of halogens is 8. The predicted molar refractivity (Wildman–Crippen MR) is 593 cm³/mol. The number of urea groups is 5. The molecule has 0 spiro atoms. The molecule has 4 atom stereocenters. The molecule has 34 nitrogen and oxygen atoms in total. The van der Waals surface area contributed by atoms with E-state index in [-0.39, 0.29) is 143 Å². The fraction of sp³-hybridized carbons (Fsp3) is 0.515. The van der Waals surface area contributed by atoms with Crippen LogP contribution in [0.4, 0.5) is 24.0 Å². The quantitative estimate of drug-likeness (QED) is 0.00978. The first kappa shape index (κ1) is 120. The Morgan fingerprint density at radius 3 is 1.01 bits per heavy atom. The van der Waals surface area contributed by atoms with Gasteiger partial charge in [0.1, 0.15) is 47.0 Å². The lowest BCUT2D eigenvalue weighted by molar-refractivity contribution is 0.0203. The number of furan rings is 1. The van der Waals surface area contributed by atoms with Gasteiger partial charge >= 0.3 is 30.2 Å². The highest BCUT2D eigenvalue weighted by Gasteiger charge is 2.37. The number of thiophene rings is 4. The van der Waals surface area contributed by atoms with Gasteiger partial charge in [-0.2, -0.15) is 56.9 Å². The Kier molecular flexibility index (Phi) is 48.9. The van der Waals surface area contributed by atoms with E-state index < -0.39 is 0 Å². The molecule has 9 aromatic heterocycles. The van der Waals surface area contributed by atoms with Gasteiger partial charge in [-0.05, 0) is 292 Å². The number of hydrogen-bond donors (Lipinski definition) is 9. The maximum absolute atomic E-state index is 13.3. The normalized spacial score (nSPS) is 15.8. The molecule has 0 unspecified atom stereocenters. The van der Waals surface area contributed by atoms with Crippen molar-refractivity contribution in [1.82, 2.24) is 112 Å². The monoisotopic (exact) mass is 2280 g/mol. The average molecular weight is 2280 g/mol. The van der Waals surface area contributed by atoms with Crippen molar-refractivity contribution in [2.24, 2.45) is 5.92 Å². The molecule has 808 valence electrons. The van der Waals surface area contributed by atoms with Gasteiger partial charge in [-0.15, -0.1) is 0 Å². The van der Waals surface area contributed by atoms with E-state index in [0.29, 0.717) is 142 Å². The number of aryl methyl sites for hydroxylation is 4. The van der Waals surface area contributed by atoms with Crippen LogP contribution in [-0.4, -0.2) is 277 Å². The van der Waals surface area contributed by atoms with Crippen molar-refractivity contribution >= 4 is 192 Å². The molecule has 149 heavy (non-hydrogen) atoms. The number of nitrogens with one attached hydrogen (secondary N) is 9. The van der Waals surface area contributed by atoms with Gasteiger partial charge in [-0.1, -0.05) is 107 Å². The number of piperidine rings is 4. The van der Waals surface area contributed by atoms with Crippen LogP contribution in [0.25, 0.3) is 4.95 Å². The fourth-order valence-electron chi connectivity index (χ4n) is 18.7. The molecule has 0 aromatic carbocycles. The number of hydroxylamine groups is 1. The van der Waals surface area contributed by atoms with Gasteiger partial charge in [0.25, 0.3) is 23.6 Å². The van der Waals surface area contributed by atoms with Gasteiger partial charge in [0.15, 0.2) is 0 Å². The SMILES string of the molecule is Cc1cc(Cl)nc(Cl)c1C(=O)NCC[C@@H](C)N1CCC(N(Cc2ccsc2)C(=O)NCCN2CCNC2=O)CC1.Cc1cc(Cl)nc(Cl)c1C(=O)NCC[C@@H](C)N1CCC(N(Cc2ccsc2)C(=O)NCc2ccco2)CC1.Cc1cc(Cl)nc(Cl)c1C(=O)NCC[C@@H](C)N1CCC(N(Cc2ccsc2)C(=O)NOCC(C)C)CC1.[C-]#[N+]NC(=O)N(Cc1ccsc1)C1CCN([C@H](C)CCNC(=O)c2c(C)cc(Cl)nc2Cl)CC1. The molecule has 9 aromatic rings. The van der Waals surface area contributed by atoms with Crippen molar-refractivity contribution in [1.29, 1.82) is 0 Å². The summed E-state index contributed by atoms with van der Waals surface area (Å²) in [5, 5.41) is 38.5. The van der Waals surface area contributed by atoms with E-state index in [2.05, 4.69) is 155 Å². The van der Waals surface area contributed by atoms with Crippen LogP contribution >= 0.6 is 138 Å². The molecule has 5 fully saturated rings. The number of pyridine rings is 4. The molecule has 0 saturated carbocycles. The number of carbonyl (C=O) groups is 9. The van der Waals surface area contributed by atoms with Crippen LogP contribution < -0.4 is 48.1 Å². The predicted octanol–water partition coefficient (Wildman–Crippen LogP) is 20.0. The maximum Gasteiger partial charge on any atom is 0.383 e. The van der Waals surface area contributed by atoms with E-state index in [1.807, 2.05) is 73.6 Å². The first-order chi connectivity index (χ1) is 71.5. The summed E-state index contributed by atoms with van der Waals surface area (Å²) in [6.45, 7) is 41.2. The van der Waals surface area contributed by atoms with Crippen LogP contribution in [0.2, 0.25) is 41.2 Å². The Morgan fingerprint density at radius 2 is 0.745 bits per heavy atom. The van der Waals surface area contributed by atoms with Crippen LogP contribution in [0.3, 0.4) is 0 Å². The minimum Gasteiger partial charge on any atom is -0.467 e. The van der Waals surface area contributed by atoms with Crippen molar-refractivity contribution in [3.05, 3.63) is 235 Å². The lowest BCUT2D eigenvalue weighted by Crippen LogP contribution is -2.52. The van der Waals surface area contributed by atoms with Crippen LogP contribution in [0.5, 0.6) is 0 Å². The summed E-state index contributed by atoms with van der Waals surface area (Å²) in [6.07, 6.45) is 11.7. The summed E-state index contributed by atoms with van der Waals surface area (Å²) in [6, 6.07) is 19.2. The zero-order valence-electron chi connectivity index (χ0n) is 85.6. The van der Waals surface area contributed by atoms with E-state index >= 15 is 0 Å². The highest BCUT2D eigenvalue weighted by atomic mass is 35.5. The number of nitrogens with zero attached hydrogens (tertiary/aromatic N) is 14. The largest absolute Gasteiger partial charge is 0.467 e. The second kappa shape index (κ2) is 60.8. The molecule has 9 N–H and O–H groups in total. The molecule has 0 bridgehead atoms. The molecule has 14 rings (SSSR count). The fourth-order valence-corrected chi connectivity index (χ4v) is 23.8. The van der Waals surface area contributed by atoms with Gasteiger partial charge in [0.2, 0.25) is 0 Å². The maximum atomic E-state index is 13.3. The van der Waals surface area contributed by atoms with E-state index in [0.717, 1.165) is 157 Å². The van der Waals surface area contributed by atoms with Crippen molar-refractivity contribution in [2.75, 3.05) is 111 Å². The number of likely N-dealkylation sites (tertiary alicyclic amines) is 4. The number of aromatic nitrogens is 4. The molecule has 46 heteroatoms. The van der Waals surface area contributed by atoms with Crippen molar-refractivity contribution in [2.45, 2.75) is 227 Å². The standard InChI is InChI=1S/C27H37Cl2N7O3S.C27H33Cl2N5O3S.C26H37Cl2N5O3S.C23H28Cl2N6O2S/c1-18-15-22(28)33-24(29)23(18)25(37)30-7-3-19(2)34-10-4-21(5-11-34)36(16-20-6-14-40-17-20)27(39)32-9-13-35-12-8-31-26(35)38;1-18-14-23(28)32-25(29)24(18)26(35)30-9-5-19(2)33-10-6-21(7-11-33)34(16-20-8-13-38-17-20)27(36)31-15-22-4-3-12-37-22;1-17(2)15-36-31-26(35)33(14-20-8-12-37-16-20)21-6-10-32(11-7-21)19(4)5-9-29-25(34)23-18(3)13-22(27)30-24(23)28;1-15-12-19(24)28-21(25)20(15)22(32)27-8-4-16(2)30-9-5-18(6-10-30)31(23(33)29-26-3)13-17-7-11-34-14-17/h6,14-15,17,19,21H,3-5,7-13,16H2,1-2H3,(H,30,37)(H,31,38)(H,32,39);3-4,8,12-14,17,19,21H,5-7,9-11,15-16H2,1-2H3,(H,30,35)(H,31,36);8,12-13,16-17,19,21H,5-7,9-11,14-15H2,1-4H3,(H,29,34)(H,31,35);7,11-12,14,16,18H,4-6,8-10,13H2,1-2H3,(H,27,32)(H,29,33)/t3*19-;16-/m1111/s1. The third-order valence-electron chi connectivity index (χ3n) is 27.2. The smallest absolute Gasteiger partial charge is 0.383 e. The number of rotatable bonds is 40. The molecular weight excluding hydrogens is 2150 g/mol. The Hall–Kier alpha value is -9.48. The number of amides is 14. The third-order valence-corrected chi connectivity index (χ3v) is 32.0.